The highest BCUT2D eigenvalue weighted by Gasteiger charge is 2.19. The van der Waals surface area contributed by atoms with Crippen LogP contribution < -0.4 is 0 Å². The fourth-order valence-corrected chi connectivity index (χ4v) is 3.06. The molecule has 4 rings (SSSR count). The number of imidazole rings is 1. The van der Waals surface area contributed by atoms with Gasteiger partial charge in [0.1, 0.15) is 16.4 Å². The van der Waals surface area contributed by atoms with Crippen LogP contribution in [0.15, 0.2) is 47.3 Å². The van der Waals surface area contributed by atoms with E-state index in [1.54, 1.807) is 29.2 Å². The van der Waals surface area contributed by atoms with Crippen LogP contribution in [0.4, 0.5) is 0 Å². The zero-order chi connectivity index (χ0) is 14.2. The number of nitrogens with zero attached hydrogens (tertiary/aromatic N) is 4. The van der Waals surface area contributed by atoms with Crippen LogP contribution in [0.25, 0.3) is 27.0 Å². The molecule has 4 aromatic rings. The number of aliphatic hydroxyl groups excluding tert-OH is 1. The fourth-order valence-electron chi connectivity index (χ4n) is 2.15. The molecule has 4 heterocycles. The molecule has 6 nitrogen and oxygen atoms in total. The van der Waals surface area contributed by atoms with Crippen molar-refractivity contribution in [3.8, 4) is 22.0 Å². The predicted molar refractivity (Wildman–Crippen MR) is 77.7 cm³/mol. The van der Waals surface area contributed by atoms with Crippen molar-refractivity contribution >= 4 is 16.3 Å². The van der Waals surface area contributed by atoms with Crippen molar-refractivity contribution in [3.63, 3.8) is 0 Å². The van der Waals surface area contributed by atoms with Crippen molar-refractivity contribution in [2.24, 2.45) is 0 Å². The third-order valence-electron chi connectivity index (χ3n) is 3.11. The second kappa shape index (κ2) is 4.80. The summed E-state index contributed by atoms with van der Waals surface area (Å²) in [7, 11) is 0. The van der Waals surface area contributed by atoms with E-state index >= 15 is 0 Å². The SMILES string of the molecule is OCc1c(-c2ccco2)nc2sc(-c3cccnc3)nn12. The average molecular weight is 298 g/mol. The smallest absolute Gasteiger partial charge is 0.213 e. The number of furan rings is 1. The van der Waals surface area contributed by atoms with E-state index in [1.165, 1.54) is 11.3 Å². The molecule has 0 saturated carbocycles. The molecule has 0 aliphatic heterocycles. The van der Waals surface area contributed by atoms with E-state index in [2.05, 4.69) is 15.1 Å². The number of hydrogen-bond donors (Lipinski definition) is 1. The highest BCUT2D eigenvalue weighted by Crippen LogP contribution is 2.30. The molecule has 4 aromatic heterocycles. The van der Waals surface area contributed by atoms with Crippen LogP contribution >= 0.6 is 11.3 Å². The minimum Gasteiger partial charge on any atom is -0.463 e. The van der Waals surface area contributed by atoms with Gasteiger partial charge < -0.3 is 9.52 Å². The number of aliphatic hydroxyl groups is 1. The molecule has 0 saturated heterocycles. The van der Waals surface area contributed by atoms with E-state index in [1.807, 2.05) is 18.2 Å². The maximum absolute atomic E-state index is 9.63. The number of hydrogen-bond acceptors (Lipinski definition) is 6. The Morgan fingerprint density at radius 1 is 1.29 bits per heavy atom. The van der Waals surface area contributed by atoms with Crippen LogP contribution in [0.5, 0.6) is 0 Å². The van der Waals surface area contributed by atoms with Gasteiger partial charge in [-0.15, -0.1) is 0 Å². The zero-order valence-electron chi connectivity index (χ0n) is 10.8. The van der Waals surface area contributed by atoms with E-state index < -0.39 is 0 Å². The normalized spacial score (nSPS) is 11.3. The Labute approximate surface area is 123 Å². The lowest BCUT2D eigenvalue weighted by molar-refractivity contribution is 0.274. The van der Waals surface area contributed by atoms with Crippen molar-refractivity contribution in [2.45, 2.75) is 6.61 Å². The summed E-state index contributed by atoms with van der Waals surface area (Å²) in [5, 5.41) is 15.0. The molecule has 0 spiro atoms. The summed E-state index contributed by atoms with van der Waals surface area (Å²) in [6.45, 7) is -0.159. The monoisotopic (exact) mass is 298 g/mol. The molecule has 0 atom stereocenters. The predicted octanol–water partition coefficient (Wildman–Crippen LogP) is 2.61. The first kappa shape index (κ1) is 12.2. The lowest BCUT2D eigenvalue weighted by Crippen LogP contribution is -1.95. The molecular formula is C14H10N4O2S. The van der Waals surface area contributed by atoms with Crippen LogP contribution in [-0.2, 0) is 6.61 Å². The molecule has 0 fully saturated rings. The Morgan fingerprint density at radius 3 is 2.95 bits per heavy atom. The summed E-state index contributed by atoms with van der Waals surface area (Å²) in [5.41, 5.74) is 2.17. The number of aromatic nitrogens is 4. The summed E-state index contributed by atoms with van der Waals surface area (Å²) >= 11 is 1.45. The van der Waals surface area contributed by atoms with Gasteiger partial charge >= 0.3 is 0 Å². The van der Waals surface area contributed by atoms with Gasteiger partial charge in [-0.3, -0.25) is 4.98 Å². The zero-order valence-corrected chi connectivity index (χ0v) is 11.6. The Balaban J connectivity index is 1.89. The summed E-state index contributed by atoms with van der Waals surface area (Å²) in [6.07, 6.45) is 5.05. The van der Waals surface area contributed by atoms with Crippen molar-refractivity contribution in [1.29, 1.82) is 0 Å². The Morgan fingerprint density at radius 2 is 2.24 bits per heavy atom. The molecule has 1 N–H and O–H groups in total. The average Bonchev–Trinajstić information content (AvgIpc) is 3.22. The summed E-state index contributed by atoms with van der Waals surface area (Å²) in [6, 6.07) is 7.41. The molecule has 21 heavy (non-hydrogen) atoms. The van der Waals surface area contributed by atoms with Gasteiger partial charge in [-0.25, -0.2) is 9.50 Å². The molecular weight excluding hydrogens is 288 g/mol. The quantitative estimate of drug-likeness (QED) is 0.629. The van der Waals surface area contributed by atoms with Crippen molar-refractivity contribution in [2.75, 3.05) is 0 Å². The van der Waals surface area contributed by atoms with Crippen molar-refractivity contribution in [1.82, 2.24) is 19.6 Å². The minimum atomic E-state index is -0.159. The van der Waals surface area contributed by atoms with Crippen LogP contribution in [0.2, 0.25) is 0 Å². The van der Waals surface area contributed by atoms with Crippen LogP contribution in [0, 0.1) is 0 Å². The molecule has 0 aliphatic carbocycles. The highest BCUT2D eigenvalue weighted by molar-refractivity contribution is 7.19. The topological polar surface area (TPSA) is 76.5 Å². The van der Waals surface area contributed by atoms with Gasteiger partial charge in [0.2, 0.25) is 4.96 Å². The molecule has 0 aromatic carbocycles. The number of fused-ring (bicyclic) bond motifs is 1. The van der Waals surface area contributed by atoms with Gasteiger partial charge in [-0.2, -0.15) is 5.10 Å². The summed E-state index contributed by atoms with van der Waals surface area (Å²) in [5.74, 6) is 0.625. The van der Waals surface area contributed by atoms with E-state index in [4.69, 9.17) is 4.42 Å². The Hall–Kier alpha value is -2.51. The van der Waals surface area contributed by atoms with E-state index in [-0.39, 0.29) is 6.61 Å². The third kappa shape index (κ3) is 1.94. The third-order valence-corrected chi connectivity index (χ3v) is 4.07. The first-order chi connectivity index (χ1) is 10.4. The molecule has 7 heteroatoms. The summed E-state index contributed by atoms with van der Waals surface area (Å²) < 4.78 is 7.01. The maximum atomic E-state index is 9.63. The van der Waals surface area contributed by atoms with Crippen molar-refractivity contribution in [3.05, 3.63) is 48.6 Å². The molecule has 0 radical (unpaired) electrons. The van der Waals surface area contributed by atoms with Crippen LogP contribution in [-0.4, -0.2) is 24.7 Å². The fraction of sp³-hybridized carbons (Fsp3) is 0.0714. The number of pyridine rings is 1. The highest BCUT2D eigenvalue weighted by atomic mass is 32.1. The first-order valence-corrected chi connectivity index (χ1v) is 7.12. The lowest BCUT2D eigenvalue weighted by atomic mass is 10.3. The van der Waals surface area contributed by atoms with Crippen LogP contribution in [0.3, 0.4) is 0 Å². The largest absolute Gasteiger partial charge is 0.463 e. The molecule has 104 valence electrons. The number of rotatable bonds is 3. The first-order valence-electron chi connectivity index (χ1n) is 6.30. The van der Waals surface area contributed by atoms with Gasteiger partial charge in [0.15, 0.2) is 5.76 Å². The van der Waals surface area contributed by atoms with Gasteiger partial charge in [0.05, 0.1) is 12.9 Å². The molecule has 0 bridgehead atoms. The van der Waals surface area contributed by atoms with E-state index in [9.17, 15) is 5.11 Å². The van der Waals surface area contributed by atoms with Gasteiger partial charge in [-0.05, 0) is 24.3 Å². The maximum Gasteiger partial charge on any atom is 0.213 e. The molecule has 0 aliphatic rings. The second-order valence-corrected chi connectivity index (χ2v) is 5.34. The van der Waals surface area contributed by atoms with Gasteiger partial charge in [-0.1, -0.05) is 11.3 Å². The lowest BCUT2D eigenvalue weighted by Gasteiger charge is -1.97. The second-order valence-electron chi connectivity index (χ2n) is 4.39. The van der Waals surface area contributed by atoms with Crippen LogP contribution in [0.1, 0.15) is 5.69 Å². The van der Waals surface area contributed by atoms with E-state index in [0.29, 0.717) is 22.1 Å². The standard InChI is InChI=1S/C14H10N4O2S/c19-8-10-12(11-4-2-6-20-11)16-14-18(10)17-13(21-14)9-3-1-5-15-7-9/h1-7,19H,8H2. The Bertz CT molecular complexity index is 881. The Kier molecular flexibility index (Phi) is 2.80. The molecule has 0 amide bonds. The van der Waals surface area contributed by atoms with Gasteiger partial charge in [0.25, 0.3) is 0 Å². The van der Waals surface area contributed by atoms with Gasteiger partial charge in [0, 0.05) is 18.0 Å². The van der Waals surface area contributed by atoms with E-state index in [0.717, 1.165) is 10.6 Å². The minimum absolute atomic E-state index is 0.159. The van der Waals surface area contributed by atoms with Crippen molar-refractivity contribution < 1.29 is 9.52 Å². The molecule has 0 unspecified atom stereocenters. The summed E-state index contributed by atoms with van der Waals surface area (Å²) in [4.78, 5) is 9.32.